The molecule has 0 aliphatic carbocycles. The van der Waals surface area contributed by atoms with E-state index in [4.69, 9.17) is 4.74 Å². The second-order valence-corrected chi connectivity index (χ2v) is 11.9. The Morgan fingerprint density at radius 3 is 2.72 bits per heavy atom. The van der Waals surface area contributed by atoms with Gasteiger partial charge < -0.3 is 25.7 Å². The number of carbonyl (C=O) groups excluding carboxylic acids is 3. The van der Waals surface area contributed by atoms with Gasteiger partial charge in [-0.2, -0.15) is 0 Å². The lowest BCUT2D eigenvalue weighted by Crippen LogP contribution is -2.53. The second-order valence-electron chi connectivity index (χ2n) is 10.8. The molecule has 1 fully saturated rings. The van der Waals surface area contributed by atoms with E-state index in [0.717, 1.165) is 50.6 Å². The van der Waals surface area contributed by atoms with Gasteiger partial charge in [-0.3, -0.25) is 19.3 Å². The summed E-state index contributed by atoms with van der Waals surface area (Å²) in [7, 11) is 1.65. The zero-order chi connectivity index (χ0) is 30.2. The van der Waals surface area contributed by atoms with Crippen molar-refractivity contribution < 1.29 is 19.1 Å². The first kappa shape index (κ1) is 30.2. The number of ether oxygens (including phenoxy) is 1. The van der Waals surface area contributed by atoms with E-state index in [1.165, 1.54) is 0 Å². The molecule has 2 atom stereocenters. The van der Waals surface area contributed by atoms with Crippen LogP contribution in [-0.2, 0) is 27.3 Å². The largest absolute Gasteiger partial charge is 0.497 e. The fourth-order valence-corrected chi connectivity index (χ4v) is 6.22. The number of nitrogens with one attached hydrogen (secondary N) is 4. The quantitative estimate of drug-likeness (QED) is 0.267. The number of aromatic nitrogens is 2. The van der Waals surface area contributed by atoms with Gasteiger partial charge in [0.05, 0.1) is 7.11 Å². The van der Waals surface area contributed by atoms with Gasteiger partial charge in [0, 0.05) is 66.2 Å². The van der Waals surface area contributed by atoms with Gasteiger partial charge in [-0.1, -0.05) is 30.3 Å². The number of carbonyl (C=O) groups is 3. The first-order valence-electron chi connectivity index (χ1n) is 14.6. The molecule has 4 aromatic rings. The van der Waals surface area contributed by atoms with Crippen molar-refractivity contribution in [3.8, 4) is 16.3 Å². The number of methoxy groups -OCH3 is 1. The first-order chi connectivity index (χ1) is 20.9. The van der Waals surface area contributed by atoms with Gasteiger partial charge in [-0.25, -0.2) is 4.98 Å². The highest BCUT2D eigenvalue weighted by Crippen LogP contribution is 2.28. The van der Waals surface area contributed by atoms with E-state index in [-0.39, 0.29) is 17.7 Å². The number of amides is 3. The fraction of sp³-hybridized carbons (Fsp3) is 0.375. The summed E-state index contributed by atoms with van der Waals surface area (Å²) in [5, 5.41) is 10.6. The summed E-state index contributed by atoms with van der Waals surface area (Å²) in [6, 6.07) is 14.2. The van der Waals surface area contributed by atoms with Crippen LogP contribution in [0.3, 0.4) is 0 Å². The summed E-state index contributed by atoms with van der Waals surface area (Å²) >= 11 is 1.63. The Labute approximate surface area is 255 Å². The molecule has 2 aromatic heterocycles. The van der Waals surface area contributed by atoms with Crippen LogP contribution in [0.5, 0.6) is 5.75 Å². The topological polar surface area (TPSA) is 128 Å². The van der Waals surface area contributed by atoms with Gasteiger partial charge in [-0.05, 0) is 50.1 Å². The van der Waals surface area contributed by atoms with Gasteiger partial charge in [0.2, 0.25) is 17.7 Å². The molecule has 1 aliphatic heterocycles. The van der Waals surface area contributed by atoms with Crippen molar-refractivity contribution in [2.45, 2.75) is 51.2 Å². The van der Waals surface area contributed by atoms with Crippen molar-refractivity contribution in [3.63, 3.8) is 0 Å². The van der Waals surface area contributed by atoms with Crippen LogP contribution in [0.25, 0.3) is 21.5 Å². The third kappa shape index (κ3) is 7.99. The number of rotatable bonds is 6. The normalized spacial score (nSPS) is 19.6. The van der Waals surface area contributed by atoms with Crippen LogP contribution in [-0.4, -0.2) is 71.4 Å². The SMILES string of the molecule is COc1cccc(-c2ncc(CN3CCCNC(=O)[C@@H](Cc4c[nH]c5ccccc45)NC(=O)[C@H](C)NC(=O)CCC3)s2)c1. The van der Waals surface area contributed by atoms with Crippen molar-refractivity contribution in [2.75, 3.05) is 26.7 Å². The molecule has 1 aliphatic rings. The number of benzene rings is 2. The summed E-state index contributed by atoms with van der Waals surface area (Å²) in [5.41, 5.74) is 2.92. The lowest BCUT2D eigenvalue weighted by molar-refractivity contribution is -0.131. The van der Waals surface area contributed by atoms with Crippen LogP contribution < -0.4 is 20.7 Å². The van der Waals surface area contributed by atoms with E-state index in [9.17, 15) is 14.4 Å². The van der Waals surface area contributed by atoms with E-state index < -0.39 is 12.1 Å². The Kier molecular flexibility index (Phi) is 10.1. The van der Waals surface area contributed by atoms with Crippen molar-refractivity contribution in [1.82, 2.24) is 30.8 Å². The van der Waals surface area contributed by atoms with E-state index in [1.54, 1.807) is 25.4 Å². The van der Waals surface area contributed by atoms with E-state index in [0.29, 0.717) is 38.9 Å². The predicted octanol–water partition coefficient (Wildman–Crippen LogP) is 3.63. The zero-order valence-electron chi connectivity index (χ0n) is 24.5. The van der Waals surface area contributed by atoms with Gasteiger partial charge >= 0.3 is 0 Å². The molecule has 0 spiro atoms. The maximum absolute atomic E-state index is 13.3. The van der Waals surface area contributed by atoms with Crippen LogP contribution in [0.15, 0.2) is 60.9 Å². The zero-order valence-corrected chi connectivity index (χ0v) is 25.3. The molecule has 1 saturated heterocycles. The summed E-state index contributed by atoms with van der Waals surface area (Å²) < 4.78 is 5.36. The summed E-state index contributed by atoms with van der Waals surface area (Å²) in [6.07, 6.45) is 5.79. The average molecular weight is 603 g/mol. The predicted molar refractivity (Wildman–Crippen MR) is 168 cm³/mol. The van der Waals surface area contributed by atoms with E-state index >= 15 is 0 Å². The van der Waals surface area contributed by atoms with Crippen molar-refractivity contribution in [2.24, 2.45) is 0 Å². The molecular weight excluding hydrogens is 564 g/mol. The number of aromatic amines is 1. The molecule has 4 N–H and O–H groups in total. The van der Waals surface area contributed by atoms with E-state index in [2.05, 4.69) is 30.8 Å². The molecule has 3 amide bonds. The molecule has 0 saturated carbocycles. The van der Waals surface area contributed by atoms with Crippen molar-refractivity contribution in [1.29, 1.82) is 0 Å². The highest BCUT2D eigenvalue weighted by molar-refractivity contribution is 7.15. The Balaban J connectivity index is 1.26. The minimum absolute atomic E-state index is 0.187. The second kappa shape index (κ2) is 14.3. The molecule has 0 unspecified atom stereocenters. The maximum atomic E-state index is 13.3. The average Bonchev–Trinajstić information content (AvgIpc) is 3.65. The van der Waals surface area contributed by atoms with Crippen LogP contribution in [0.4, 0.5) is 0 Å². The van der Waals surface area contributed by atoms with Gasteiger partial charge in [-0.15, -0.1) is 11.3 Å². The van der Waals surface area contributed by atoms with Gasteiger partial charge in [0.1, 0.15) is 22.8 Å². The molecule has 10 nitrogen and oxygen atoms in total. The molecule has 3 heterocycles. The Hall–Kier alpha value is -4.22. The molecule has 226 valence electrons. The van der Waals surface area contributed by atoms with Gasteiger partial charge in [0.15, 0.2) is 0 Å². The molecule has 0 bridgehead atoms. The Morgan fingerprint density at radius 2 is 1.86 bits per heavy atom. The number of thiazole rings is 1. The van der Waals surface area contributed by atoms with Gasteiger partial charge in [0.25, 0.3) is 0 Å². The number of hydrogen-bond donors (Lipinski definition) is 4. The number of para-hydroxylation sites is 1. The molecule has 2 aromatic carbocycles. The third-order valence-electron chi connectivity index (χ3n) is 7.58. The van der Waals surface area contributed by atoms with Crippen LogP contribution in [0.1, 0.15) is 36.6 Å². The highest BCUT2D eigenvalue weighted by atomic mass is 32.1. The highest BCUT2D eigenvalue weighted by Gasteiger charge is 2.26. The lowest BCUT2D eigenvalue weighted by Gasteiger charge is -2.22. The van der Waals surface area contributed by atoms with Crippen molar-refractivity contribution in [3.05, 3.63) is 71.4 Å². The summed E-state index contributed by atoms with van der Waals surface area (Å²) in [5.74, 6) is -0.0332. The van der Waals surface area contributed by atoms with E-state index in [1.807, 2.05) is 60.9 Å². The smallest absolute Gasteiger partial charge is 0.242 e. The molecule has 11 heteroatoms. The number of hydrogen-bond acceptors (Lipinski definition) is 7. The minimum Gasteiger partial charge on any atom is -0.497 e. The summed E-state index contributed by atoms with van der Waals surface area (Å²) in [4.78, 5) is 50.3. The van der Waals surface area contributed by atoms with Crippen LogP contribution in [0, 0.1) is 0 Å². The first-order valence-corrected chi connectivity index (χ1v) is 15.4. The molecule has 0 radical (unpaired) electrons. The standard InChI is InChI=1S/C32H38N6O4S/c1-21-30(40)37-28(17-23-18-34-27-11-4-3-10-26(23)27)31(41)33-13-7-15-38(14-6-12-29(39)36-21)20-25-19-35-32(43-25)22-8-5-9-24(16-22)42-2/h3-5,8-11,16,18-19,21,28,34H,6-7,12-15,17,20H2,1-2H3,(H,33,41)(H,36,39)(H,37,40)/t21-,28+/m0/s1. The van der Waals surface area contributed by atoms with Crippen LogP contribution >= 0.6 is 11.3 Å². The molecule has 43 heavy (non-hydrogen) atoms. The monoisotopic (exact) mass is 602 g/mol. The number of fused-ring (bicyclic) bond motifs is 1. The Morgan fingerprint density at radius 1 is 1.02 bits per heavy atom. The lowest BCUT2D eigenvalue weighted by atomic mass is 10.0. The Bertz CT molecular complexity index is 1570. The fourth-order valence-electron chi connectivity index (χ4n) is 5.27. The number of H-pyrrole nitrogens is 1. The van der Waals surface area contributed by atoms with Crippen molar-refractivity contribution >= 4 is 40.0 Å². The third-order valence-corrected chi connectivity index (χ3v) is 8.61. The van der Waals surface area contributed by atoms with Crippen LogP contribution in [0.2, 0.25) is 0 Å². The maximum Gasteiger partial charge on any atom is 0.242 e. The summed E-state index contributed by atoms with van der Waals surface area (Å²) in [6.45, 7) is 4.25. The minimum atomic E-state index is -0.778. The molecular formula is C32H38N6O4S. The number of nitrogens with zero attached hydrogens (tertiary/aromatic N) is 2. The molecule has 5 rings (SSSR count).